The minimum absolute atomic E-state index is 0.0689. The second-order valence-electron chi connectivity index (χ2n) is 15.5. The summed E-state index contributed by atoms with van der Waals surface area (Å²) >= 11 is 0. The molecule has 0 unspecified atom stereocenters. The van der Waals surface area contributed by atoms with Crippen LogP contribution < -0.4 is 9.64 Å². The molecule has 4 aliphatic carbocycles. The number of carbonyl (C=O) groups is 2. The van der Waals surface area contributed by atoms with Crippen LogP contribution in [0.3, 0.4) is 0 Å². The molecular weight excluding hydrogens is 618 g/mol. The molecule has 1 N–H and O–H groups in total. The van der Waals surface area contributed by atoms with Crippen LogP contribution in [-0.2, 0) is 14.9 Å². The number of nitrogens with zero attached hydrogens (tertiary/aromatic N) is 5. The highest BCUT2D eigenvalue weighted by Crippen LogP contribution is 2.58. The van der Waals surface area contributed by atoms with E-state index in [0.29, 0.717) is 45.3 Å². The third-order valence-electron chi connectivity index (χ3n) is 12.1. The van der Waals surface area contributed by atoms with Gasteiger partial charge in [-0.3, -0.25) is 14.5 Å². The first-order valence-corrected chi connectivity index (χ1v) is 18.2. The van der Waals surface area contributed by atoms with Gasteiger partial charge in [-0.25, -0.2) is 4.79 Å². The van der Waals surface area contributed by atoms with Gasteiger partial charge in [-0.15, -0.1) is 0 Å². The van der Waals surface area contributed by atoms with Crippen LogP contribution in [0.4, 0.5) is 10.5 Å². The quantitative estimate of drug-likeness (QED) is 0.266. The van der Waals surface area contributed by atoms with Gasteiger partial charge in [-0.05, 0) is 125 Å². The lowest BCUT2D eigenvalue weighted by atomic mass is 9.51. The molecule has 10 heteroatoms. The number of likely N-dealkylation sites (tertiary alicyclic amines) is 1. The number of rotatable bonds is 9. The van der Waals surface area contributed by atoms with Gasteiger partial charge in [-0.1, -0.05) is 12.1 Å². The lowest BCUT2D eigenvalue weighted by Crippen LogP contribution is -2.54. The molecule has 10 nitrogen and oxygen atoms in total. The summed E-state index contributed by atoms with van der Waals surface area (Å²) in [6, 6.07) is 11.0. The molecule has 1 aromatic carbocycles. The smallest absolute Gasteiger partial charge is 0.410 e. The number of aliphatic hydroxyl groups is 1. The highest BCUT2D eigenvalue weighted by atomic mass is 16.6. The van der Waals surface area contributed by atoms with Crippen LogP contribution in [0.5, 0.6) is 5.75 Å². The Balaban J connectivity index is 1.10. The van der Waals surface area contributed by atoms with Crippen molar-refractivity contribution in [3.8, 4) is 17.0 Å². The molecule has 4 saturated carbocycles. The summed E-state index contributed by atoms with van der Waals surface area (Å²) in [5.41, 5.74) is 5.51. The fraction of sp³-hybridized carbons (Fsp3) is 0.590. The zero-order chi connectivity index (χ0) is 34.3. The maximum atomic E-state index is 14.6. The molecule has 5 fully saturated rings. The van der Waals surface area contributed by atoms with Crippen LogP contribution in [0.25, 0.3) is 11.3 Å². The average Bonchev–Trinajstić information content (AvgIpc) is 3.61. The fourth-order valence-corrected chi connectivity index (χ4v) is 8.74. The van der Waals surface area contributed by atoms with Crippen molar-refractivity contribution in [1.29, 1.82) is 0 Å². The number of aliphatic hydroxyl groups excluding tert-OH is 1. The number of carbonyl (C=O) groups excluding carboxylic acids is 2. The van der Waals surface area contributed by atoms with E-state index < -0.39 is 6.10 Å². The number of aryl methyl sites for hydroxylation is 1. The van der Waals surface area contributed by atoms with Crippen molar-refractivity contribution in [2.24, 2.45) is 11.3 Å². The number of methoxy groups -OCH3 is 1. The van der Waals surface area contributed by atoms with Crippen molar-refractivity contribution in [2.45, 2.75) is 109 Å². The third kappa shape index (κ3) is 6.68. The van der Waals surface area contributed by atoms with Crippen molar-refractivity contribution in [3.05, 3.63) is 60.0 Å². The summed E-state index contributed by atoms with van der Waals surface area (Å²) in [5, 5.41) is 14.1. The Labute approximate surface area is 289 Å². The fourth-order valence-electron chi connectivity index (χ4n) is 8.74. The molecule has 0 spiro atoms. The summed E-state index contributed by atoms with van der Waals surface area (Å²) in [6.45, 7) is 7.69. The summed E-state index contributed by atoms with van der Waals surface area (Å²) in [5.74, 6) is 0.964. The zero-order valence-electron chi connectivity index (χ0n) is 29.4. The Morgan fingerprint density at radius 1 is 1.02 bits per heavy atom. The summed E-state index contributed by atoms with van der Waals surface area (Å²) < 4.78 is 13.2. The van der Waals surface area contributed by atoms with E-state index in [-0.39, 0.29) is 40.9 Å². The largest absolute Gasteiger partial charge is 0.496 e. The van der Waals surface area contributed by atoms with Gasteiger partial charge >= 0.3 is 6.09 Å². The topological polar surface area (TPSA) is 110 Å². The number of fused-ring (bicyclic) bond motifs is 3. The van der Waals surface area contributed by atoms with Gasteiger partial charge in [0.25, 0.3) is 0 Å². The molecule has 2 amide bonds. The Morgan fingerprint density at radius 2 is 1.73 bits per heavy atom. The predicted octanol–water partition coefficient (Wildman–Crippen LogP) is 6.84. The number of hydrogen-bond donors (Lipinski definition) is 1. The molecule has 262 valence electrons. The molecule has 5 aliphatic rings. The van der Waals surface area contributed by atoms with Crippen LogP contribution in [-0.4, -0.2) is 75.7 Å². The lowest BCUT2D eigenvalue weighted by Gasteiger charge is -2.55. The number of benzene rings is 1. The van der Waals surface area contributed by atoms with E-state index in [1.54, 1.807) is 7.11 Å². The van der Waals surface area contributed by atoms with Gasteiger partial charge in [0.2, 0.25) is 5.91 Å². The Hall–Kier alpha value is -3.92. The van der Waals surface area contributed by atoms with E-state index >= 15 is 0 Å². The monoisotopic (exact) mass is 669 g/mol. The second kappa shape index (κ2) is 13.4. The van der Waals surface area contributed by atoms with Crippen LogP contribution in [0.1, 0.15) is 95.2 Å². The van der Waals surface area contributed by atoms with Gasteiger partial charge in [-0.2, -0.15) is 5.10 Å². The highest BCUT2D eigenvalue weighted by Gasteiger charge is 2.51. The van der Waals surface area contributed by atoms with Crippen molar-refractivity contribution in [3.63, 3.8) is 0 Å². The summed E-state index contributed by atoms with van der Waals surface area (Å²) in [7, 11) is 1.73. The van der Waals surface area contributed by atoms with Crippen LogP contribution in [0.15, 0.2) is 48.9 Å². The number of aromatic nitrogens is 3. The van der Waals surface area contributed by atoms with E-state index in [2.05, 4.69) is 55.0 Å². The second-order valence-corrected chi connectivity index (χ2v) is 15.5. The zero-order valence-corrected chi connectivity index (χ0v) is 29.4. The van der Waals surface area contributed by atoms with E-state index in [1.165, 1.54) is 16.0 Å². The minimum atomic E-state index is -0.456. The van der Waals surface area contributed by atoms with Gasteiger partial charge in [0.05, 0.1) is 38.2 Å². The molecule has 1 aliphatic heterocycles. The number of anilines is 1. The summed E-state index contributed by atoms with van der Waals surface area (Å²) in [4.78, 5) is 35.4. The SMILES string of the molecule is COc1ccc(C23CCC(CN(C(=O)C4CCC(OC(=O)N5CC(O)C5)CC4)c4ccnc(-c5cnn(C(C)C)c5)c4)(CC2)CC3)cc1C. The highest BCUT2D eigenvalue weighted by molar-refractivity contribution is 5.95. The van der Waals surface area contributed by atoms with E-state index in [4.69, 9.17) is 14.5 Å². The maximum absolute atomic E-state index is 14.6. The molecule has 1 saturated heterocycles. The van der Waals surface area contributed by atoms with E-state index in [9.17, 15) is 14.7 Å². The number of β-amino-alcohol motifs (C(OH)–C–C–N with tert-alkyl or cyclic N) is 1. The molecule has 0 atom stereocenters. The van der Waals surface area contributed by atoms with Crippen molar-refractivity contribution < 1.29 is 24.2 Å². The Kier molecular flexibility index (Phi) is 9.19. The number of pyridine rings is 1. The number of ether oxygens (including phenoxy) is 2. The number of hydrogen-bond acceptors (Lipinski definition) is 7. The van der Waals surface area contributed by atoms with E-state index in [0.717, 1.165) is 61.2 Å². The van der Waals surface area contributed by atoms with Gasteiger partial charge in [0, 0.05) is 42.1 Å². The molecular formula is C39H51N5O5. The van der Waals surface area contributed by atoms with Gasteiger partial charge < -0.3 is 24.4 Å². The third-order valence-corrected chi connectivity index (χ3v) is 12.1. The normalized spacial score (nSPS) is 26.8. The molecule has 0 radical (unpaired) electrons. The first-order valence-electron chi connectivity index (χ1n) is 18.2. The molecule has 8 rings (SSSR count). The van der Waals surface area contributed by atoms with Crippen molar-refractivity contribution in [2.75, 3.05) is 31.6 Å². The minimum Gasteiger partial charge on any atom is -0.496 e. The maximum Gasteiger partial charge on any atom is 0.410 e. The molecule has 3 heterocycles. The Bertz CT molecular complexity index is 1650. The Morgan fingerprint density at radius 3 is 2.35 bits per heavy atom. The van der Waals surface area contributed by atoms with Crippen LogP contribution >= 0.6 is 0 Å². The lowest BCUT2D eigenvalue weighted by molar-refractivity contribution is -0.124. The average molecular weight is 670 g/mol. The number of amides is 2. The van der Waals surface area contributed by atoms with Gasteiger partial charge in [0.15, 0.2) is 0 Å². The van der Waals surface area contributed by atoms with Gasteiger partial charge in [0.1, 0.15) is 11.9 Å². The first kappa shape index (κ1) is 33.6. The first-order chi connectivity index (χ1) is 23.6. The molecule has 49 heavy (non-hydrogen) atoms. The predicted molar refractivity (Wildman–Crippen MR) is 188 cm³/mol. The van der Waals surface area contributed by atoms with Crippen molar-refractivity contribution in [1.82, 2.24) is 19.7 Å². The van der Waals surface area contributed by atoms with Crippen LogP contribution in [0, 0.1) is 18.3 Å². The van der Waals surface area contributed by atoms with Crippen molar-refractivity contribution >= 4 is 17.7 Å². The molecule has 2 aromatic heterocycles. The molecule has 3 aromatic rings. The van der Waals surface area contributed by atoms with Crippen LogP contribution in [0.2, 0.25) is 0 Å². The summed E-state index contributed by atoms with van der Waals surface area (Å²) in [6.07, 6.45) is 14.0. The van der Waals surface area contributed by atoms with E-state index in [1.807, 2.05) is 29.3 Å². The standard InChI is InChI=1S/C39H51N5O5/c1-26(2)44-22-29(21-41-44)34-20-31(11-18-40-34)43(36(46)28-5-8-33(9-6-28)49-37(47)42-23-32(45)24-42)25-38-12-15-39(16-13-38,17-14-38)30-7-10-35(48-4)27(3)19-30/h7,10-11,18-22,26,28,32-33,45H,5-6,8-9,12-17,23-25H2,1-4H3. The molecule has 2 bridgehead atoms.